The normalized spacial score (nSPS) is 14.3. The van der Waals surface area contributed by atoms with E-state index in [9.17, 15) is 4.79 Å². The summed E-state index contributed by atoms with van der Waals surface area (Å²) in [7, 11) is 0. The molecule has 2 aromatic carbocycles. The van der Waals surface area contributed by atoms with E-state index in [2.05, 4.69) is 20.9 Å². The zero-order valence-electron chi connectivity index (χ0n) is 17.2. The first kappa shape index (κ1) is 19.6. The molecule has 0 atom stereocenters. The molecule has 31 heavy (non-hydrogen) atoms. The van der Waals surface area contributed by atoms with Crippen LogP contribution in [-0.2, 0) is 0 Å². The highest BCUT2D eigenvalue weighted by Crippen LogP contribution is 2.27. The number of carbonyl (C=O) groups excluding carboxylic acids is 1. The van der Waals surface area contributed by atoms with Crippen molar-refractivity contribution in [3.63, 3.8) is 0 Å². The number of ketones is 1. The number of carbonyl (C=O) groups is 1. The highest BCUT2D eigenvalue weighted by atomic mass is 35.5. The molecule has 2 aromatic heterocycles. The molecule has 0 saturated carbocycles. The minimum atomic E-state index is 0.0920. The van der Waals surface area contributed by atoms with Crippen molar-refractivity contribution in [2.45, 2.75) is 6.92 Å². The van der Waals surface area contributed by atoms with Gasteiger partial charge in [0.25, 0.3) is 0 Å². The van der Waals surface area contributed by atoms with Crippen LogP contribution in [0, 0.1) is 0 Å². The summed E-state index contributed by atoms with van der Waals surface area (Å²) in [6, 6.07) is 17.7. The predicted molar refractivity (Wildman–Crippen MR) is 124 cm³/mol. The van der Waals surface area contributed by atoms with E-state index in [0.717, 1.165) is 60.0 Å². The second kappa shape index (κ2) is 8.04. The molecular weight excluding hydrogens is 410 g/mol. The van der Waals surface area contributed by atoms with Crippen molar-refractivity contribution in [1.29, 1.82) is 0 Å². The van der Waals surface area contributed by atoms with E-state index in [1.807, 2.05) is 59.2 Å². The molecule has 0 amide bonds. The number of Topliss-reactive ketones (excluding diaryl/α,β-unsaturated/α-hetero) is 1. The fourth-order valence-corrected chi connectivity index (χ4v) is 4.12. The predicted octanol–water partition coefficient (Wildman–Crippen LogP) is 4.58. The molecule has 7 heteroatoms. The fourth-order valence-electron chi connectivity index (χ4n) is 4.00. The smallest absolute Gasteiger partial charge is 0.159 e. The zero-order valence-corrected chi connectivity index (χ0v) is 18.0. The summed E-state index contributed by atoms with van der Waals surface area (Å²) in [5, 5.41) is 5.43. The summed E-state index contributed by atoms with van der Waals surface area (Å²) in [5.74, 6) is 1.04. The maximum Gasteiger partial charge on any atom is 0.159 e. The molecule has 1 aliphatic heterocycles. The lowest BCUT2D eigenvalue weighted by Crippen LogP contribution is -2.47. The molecule has 1 saturated heterocycles. The van der Waals surface area contributed by atoms with Gasteiger partial charge in [-0.25, -0.2) is 9.50 Å². The molecule has 156 valence electrons. The molecule has 0 spiro atoms. The fraction of sp³-hybridized carbons (Fsp3) is 0.208. The van der Waals surface area contributed by atoms with Gasteiger partial charge in [0, 0.05) is 60.4 Å². The van der Waals surface area contributed by atoms with Gasteiger partial charge in [-0.05, 0) is 49.4 Å². The standard InChI is InChI=1S/C24H22ClN5O/c1-17(31)18-4-8-21(9-5-18)28-12-14-29(15-13-28)24-23-16-22(27-30(23)11-10-26-24)19-2-6-20(25)7-3-19/h2-11,16H,12-15H2,1H3. The average molecular weight is 432 g/mol. The number of halogens is 1. The molecule has 1 aliphatic rings. The van der Waals surface area contributed by atoms with Crippen LogP contribution in [0.3, 0.4) is 0 Å². The summed E-state index contributed by atoms with van der Waals surface area (Å²) >= 11 is 6.02. The summed E-state index contributed by atoms with van der Waals surface area (Å²) in [4.78, 5) is 20.8. The van der Waals surface area contributed by atoms with Gasteiger partial charge in [0.05, 0.1) is 5.69 Å². The Bertz CT molecular complexity index is 1230. The van der Waals surface area contributed by atoms with E-state index in [1.165, 1.54) is 0 Å². The first-order valence-electron chi connectivity index (χ1n) is 10.3. The van der Waals surface area contributed by atoms with Gasteiger partial charge in [0.1, 0.15) is 5.52 Å². The lowest BCUT2D eigenvalue weighted by Gasteiger charge is -2.36. The van der Waals surface area contributed by atoms with Crippen LogP contribution in [0.25, 0.3) is 16.8 Å². The lowest BCUT2D eigenvalue weighted by molar-refractivity contribution is 0.101. The van der Waals surface area contributed by atoms with Crippen molar-refractivity contribution in [1.82, 2.24) is 14.6 Å². The largest absolute Gasteiger partial charge is 0.368 e. The number of hydrogen-bond acceptors (Lipinski definition) is 5. The van der Waals surface area contributed by atoms with Crippen molar-refractivity contribution in [2.24, 2.45) is 0 Å². The van der Waals surface area contributed by atoms with Crippen LogP contribution >= 0.6 is 11.6 Å². The molecular formula is C24H22ClN5O. The quantitative estimate of drug-likeness (QED) is 0.443. The van der Waals surface area contributed by atoms with E-state index < -0.39 is 0 Å². The third-order valence-corrected chi connectivity index (χ3v) is 5.98. The molecule has 3 heterocycles. The van der Waals surface area contributed by atoms with Gasteiger partial charge in [-0.2, -0.15) is 5.10 Å². The average Bonchev–Trinajstić information content (AvgIpc) is 3.24. The van der Waals surface area contributed by atoms with Gasteiger partial charge < -0.3 is 9.80 Å². The van der Waals surface area contributed by atoms with E-state index in [-0.39, 0.29) is 5.78 Å². The van der Waals surface area contributed by atoms with Crippen LogP contribution in [0.5, 0.6) is 0 Å². The number of fused-ring (bicyclic) bond motifs is 1. The van der Waals surface area contributed by atoms with Crippen molar-refractivity contribution in [2.75, 3.05) is 36.0 Å². The van der Waals surface area contributed by atoms with Crippen LogP contribution in [-0.4, -0.2) is 46.6 Å². The third-order valence-electron chi connectivity index (χ3n) is 5.73. The number of aromatic nitrogens is 3. The number of piperazine rings is 1. The maximum absolute atomic E-state index is 11.5. The molecule has 6 nitrogen and oxygen atoms in total. The molecule has 0 radical (unpaired) electrons. The number of hydrogen-bond donors (Lipinski definition) is 0. The topological polar surface area (TPSA) is 53.7 Å². The summed E-state index contributed by atoms with van der Waals surface area (Å²) in [6.07, 6.45) is 3.68. The Hall–Kier alpha value is -3.38. The molecule has 0 unspecified atom stereocenters. The Balaban J connectivity index is 1.35. The van der Waals surface area contributed by atoms with Crippen LogP contribution in [0.15, 0.2) is 67.0 Å². The molecule has 0 aliphatic carbocycles. The molecule has 0 N–H and O–H groups in total. The van der Waals surface area contributed by atoms with Crippen LogP contribution in [0.4, 0.5) is 11.5 Å². The SMILES string of the molecule is CC(=O)c1ccc(N2CCN(c3nccn4nc(-c5ccc(Cl)cc5)cc34)CC2)cc1. The lowest BCUT2D eigenvalue weighted by atomic mass is 10.1. The van der Waals surface area contributed by atoms with Gasteiger partial charge in [0.15, 0.2) is 11.6 Å². The number of nitrogens with zero attached hydrogens (tertiary/aromatic N) is 5. The van der Waals surface area contributed by atoms with Crippen molar-refractivity contribution in [3.05, 3.63) is 77.6 Å². The molecule has 1 fully saturated rings. The van der Waals surface area contributed by atoms with Gasteiger partial charge in [-0.1, -0.05) is 23.7 Å². The van der Waals surface area contributed by atoms with Gasteiger partial charge in [-0.3, -0.25) is 4.79 Å². The summed E-state index contributed by atoms with van der Waals surface area (Å²) in [6.45, 7) is 5.10. The molecule has 4 aromatic rings. The van der Waals surface area contributed by atoms with Gasteiger partial charge in [0.2, 0.25) is 0 Å². The van der Waals surface area contributed by atoms with Crippen molar-refractivity contribution >= 4 is 34.4 Å². The van der Waals surface area contributed by atoms with Crippen LogP contribution in [0.1, 0.15) is 17.3 Å². The first-order chi connectivity index (χ1) is 15.1. The Kier molecular flexibility index (Phi) is 5.08. The minimum absolute atomic E-state index is 0.0920. The maximum atomic E-state index is 11.5. The number of benzene rings is 2. The van der Waals surface area contributed by atoms with Crippen molar-refractivity contribution in [3.8, 4) is 11.3 Å². The highest BCUT2D eigenvalue weighted by Gasteiger charge is 2.21. The molecule has 5 rings (SSSR count). The molecule has 0 bridgehead atoms. The summed E-state index contributed by atoms with van der Waals surface area (Å²) < 4.78 is 1.89. The second-order valence-corrected chi connectivity index (χ2v) is 8.13. The van der Waals surface area contributed by atoms with Gasteiger partial charge >= 0.3 is 0 Å². The van der Waals surface area contributed by atoms with Crippen LogP contribution in [0.2, 0.25) is 5.02 Å². The minimum Gasteiger partial charge on any atom is -0.368 e. The van der Waals surface area contributed by atoms with E-state index >= 15 is 0 Å². The van der Waals surface area contributed by atoms with Gasteiger partial charge in [-0.15, -0.1) is 0 Å². The highest BCUT2D eigenvalue weighted by molar-refractivity contribution is 6.30. The van der Waals surface area contributed by atoms with Crippen molar-refractivity contribution < 1.29 is 4.79 Å². The Morgan fingerprint density at radius 2 is 1.61 bits per heavy atom. The monoisotopic (exact) mass is 431 g/mol. The number of anilines is 2. The zero-order chi connectivity index (χ0) is 21.4. The summed E-state index contributed by atoms with van der Waals surface area (Å²) in [5.41, 5.74) is 4.81. The second-order valence-electron chi connectivity index (χ2n) is 7.69. The Labute approximate surface area is 185 Å². The Morgan fingerprint density at radius 3 is 2.29 bits per heavy atom. The third kappa shape index (κ3) is 3.86. The van der Waals surface area contributed by atoms with Crippen LogP contribution < -0.4 is 9.80 Å². The van der Waals surface area contributed by atoms with E-state index in [4.69, 9.17) is 16.7 Å². The van der Waals surface area contributed by atoms with E-state index in [1.54, 1.807) is 13.1 Å². The first-order valence-corrected chi connectivity index (χ1v) is 10.7. The Morgan fingerprint density at radius 1 is 0.935 bits per heavy atom. The van der Waals surface area contributed by atoms with E-state index in [0.29, 0.717) is 5.02 Å². The number of rotatable bonds is 4.